The van der Waals surface area contributed by atoms with Gasteiger partial charge in [-0.25, -0.2) is 8.42 Å². The molecule has 0 aromatic heterocycles. The normalized spacial score (nSPS) is 11.6. The Morgan fingerprint density at radius 2 is 1.65 bits per heavy atom. The van der Waals surface area contributed by atoms with Crippen molar-refractivity contribution in [1.82, 2.24) is 0 Å². The van der Waals surface area contributed by atoms with E-state index in [1.54, 1.807) is 12.1 Å². The number of nitrogens with one attached hydrogen (secondary N) is 1. The first-order valence-corrected chi connectivity index (χ1v) is 9.09. The molecule has 0 heterocycles. The molecule has 3 nitrogen and oxygen atoms in total. The minimum Gasteiger partial charge on any atom is -0.279 e. The molecule has 3 rings (SSSR count). The molecular formula is C19H19NO2S. The van der Waals surface area contributed by atoms with Crippen molar-refractivity contribution in [3.05, 3.63) is 71.8 Å². The maximum atomic E-state index is 12.8. The van der Waals surface area contributed by atoms with Crippen LogP contribution in [0, 0.1) is 6.92 Å². The van der Waals surface area contributed by atoms with Gasteiger partial charge in [-0.2, -0.15) is 0 Å². The standard InChI is InChI=1S/C19H19NO2S/c1-3-15-10-6-7-14(2)19(15)20-23(21,22)18-12-11-16-8-4-5-9-17(16)13-18/h4-13,20H,3H2,1-2H3. The first-order chi connectivity index (χ1) is 11.0. The number of fused-ring (bicyclic) bond motifs is 1. The summed E-state index contributed by atoms with van der Waals surface area (Å²) in [7, 11) is -3.61. The summed E-state index contributed by atoms with van der Waals surface area (Å²) in [5.74, 6) is 0. The van der Waals surface area contributed by atoms with Crippen molar-refractivity contribution < 1.29 is 8.42 Å². The highest BCUT2D eigenvalue weighted by atomic mass is 32.2. The third-order valence-corrected chi connectivity index (χ3v) is 5.36. The fraction of sp³-hybridized carbons (Fsp3) is 0.158. The Balaban J connectivity index is 2.04. The zero-order valence-electron chi connectivity index (χ0n) is 13.2. The van der Waals surface area contributed by atoms with Gasteiger partial charge >= 0.3 is 0 Å². The molecule has 4 heteroatoms. The lowest BCUT2D eigenvalue weighted by Gasteiger charge is -2.14. The van der Waals surface area contributed by atoms with Crippen LogP contribution in [0.3, 0.4) is 0 Å². The van der Waals surface area contributed by atoms with Gasteiger partial charge < -0.3 is 0 Å². The van der Waals surface area contributed by atoms with Crippen molar-refractivity contribution in [2.45, 2.75) is 25.2 Å². The summed E-state index contributed by atoms with van der Waals surface area (Å²) >= 11 is 0. The number of sulfonamides is 1. The smallest absolute Gasteiger partial charge is 0.261 e. The number of hydrogen-bond acceptors (Lipinski definition) is 2. The van der Waals surface area contributed by atoms with Gasteiger partial charge in [-0.1, -0.05) is 55.5 Å². The third-order valence-electron chi connectivity index (χ3n) is 4.01. The number of rotatable bonds is 4. The van der Waals surface area contributed by atoms with E-state index < -0.39 is 10.0 Å². The number of aryl methyl sites for hydroxylation is 2. The van der Waals surface area contributed by atoms with Crippen molar-refractivity contribution in [1.29, 1.82) is 0 Å². The van der Waals surface area contributed by atoms with Gasteiger partial charge in [0.25, 0.3) is 10.0 Å². The van der Waals surface area contributed by atoms with E-state index in [1.807, 2.05) is 62.4 Å². The lowest BCUT2D eigenvalue weighted by atomic mass is 10.1. The van der Waals surface area contributed by atoms with Crippen LogP contribution < -0.4 is 4.72 Å². The molecule has 3 aromatic rings. The fourth-order valence-electron chi connectivity index (χ4n) is 2.70. The fourth-order valence-corrected chi connectivity index (χ4v) is 3.91. The second-order valence-electron chi connectivity index (χ2n) is 5.58. The molecule has 0 aliphatic rings. The monoisotopic (exact) mass is 325 g/mol. The summed E-state index contributed by atoms with van der Waals surface area (Å²) in [6.07, 6.45) is 0.775. The van der Waals surface area contributed by atoms with Crippen LogP contribution in [0.4, 0.5) is 5.69 Å². The minimum absolute atomic E-state index is 0.279. The van der Waals surface area contributed by atoms with Gasteiger partial charge in [-0.05, 0) is 47.4 Å². The van der Waals surface area contributed by atoms with Gasteiger partial charge in [0.2, 0.25) is 0 Å². The average molecular weight is 325 g/mol. The number of hydrogen-bond donors (Lipinski definition) is 1. The molecule has 0 amide bonds. The number of anilines is 1. The maximum absolute atomic E-state index is 12.8. The average Bonchev–Trinajstić information content (AvgIpc) is 2.56. The Morgan fingerprint density at radius 1 is 0.913 bits per heavy atom. The van der Waals surface area contributed by atoms with Crippen molar-refractivity contribution in [3.63, 3.8) is 0 Å². The molecule has 118 valence electrons. The largest absolute Gasteiger partial charge is 0.279 e. The van der Waals surface area contributed by atoms with Crippen LogP contribution in [0.2, 0.25) is 0 Å². The van der Waals surface area contributed by atoms with Crippen molar-refractivity contribution >= 4 is 26.5 Å². The van der Waals surface area contributed by atoms with Gasteiger partial charge in [-0.15, -0.1) is 0 Å². The summed E-state index contributed by atoms with van der Waals surface area (Å²) in [4.78, 5) is 0.279. The van der Waals surface area contributed by atoms with E-state index >= 15 is 0 Å². The highest BCUT2D eigenvalue weighted by Crippen LogP contribution is 2.26. The predicted octanol–water partition coefficient (Wildman–Crippen LogP) is 4.51. The quantitative estimate of drug-likeness (QED) is 0.767. The predicted molar refractivity (Wildman–Crippen MR) is 95.3 cm³/mol. The molecule has 23 heavy (non-hydrogen) atoms. The molecule has 3 aromatic carbocycles. The van der Waals surface area contributed by atoms with Crippen molar-refractivity contribution in [2.75, 3.05) is 4.72 Å². The van der Waals surface area contributed by atoms with E-state index in [4.69, 9.17) is 0 Å². The molecule has 0 spiro atoms. The molecule has 0 atom stereocenters. The molecule has 0 fully saturated rings. The summed E-state index contributed by atoms with van der Waals surface area (Å²) in [5.41, 5.74) is 2.60. The van der Waals surface area contributed by atoms with Crippen LogP contribution in [0.5, 0.6) is 0 Å². The molecule has 0 saturated carbocycles. The third kappa shape index (κ3) is 3.08. The van der Waals surface area contributed by atoms with Gasteiger partial charge in [0.1, 0.15) is 0 Å². The molecule has 0 aliphatic heterocycles. The van der Waals surface area contributed by atoms with E-state index in [2.05, 4.69) is 4.72 Å². The number of benzene rings is 3. The van der Waals surface area contributed by atoms with Crippen LogP contribution in [-0.4, -0.2) is 8.42 Å². The van der Waals surface area contributed by atoms with E-state index in [1.165, 1.54) is 0 Å². The zero-order chi connectivity index (χ0) is 16.4. The highest BCUT2D eigenvalue weighted by Gasteiger charge is 2.17. The van der Waals surface area contributed by atoms with Gasteiger partial charge in [0.15, 0.2) is 0 Å². The Hall–Kier alpha value is -2.33. The Bertz CT molecular complexity index is 962. The zero-order valence-corrected chi connectivity index (χ0v) is 14.0. The lowest BCUT2D eigenvalue weighted by Crippen LogP contribution is -2.15. The van der Waals surface area contributed by atoms with Gasteiger partial charge in [0, 0.05) is 0 Å². The Kier molecular flexibility index (Phi) is 4.09. The number of para-hydroxylation sites is 1. The van der Waals surface area contributed by atoms with Crippen molar-refractivity contribution in [3.8, 4) is 0 Å². The molecule has 0 bridgehead atoms. The lowest BCUT2D eigenvalue weighted by molar-refractivity contribution is 0.601. The summed E-state index contributed by atoms with van der Waals surface area (Å²) in [5, 5.41) is 1.94. The molecule has 0 radical (unpaired) electrons. The maximum Gasteiger partial charge on any atom is 0.261 e. The van der Waals surface area contributed by atoms with E-state index in [9.17, 15) is 8.42 Å². The first kappa shape index (κ1) is 15.6. The Labute approximate surface area is 137 Å². The van der Waals surface area contributed by atoms with Crippen LogP contribution in [0.25, 0.3) is 10.8 Å². The summed E-state index contributed by atoms with van der Waals surface area (Å²) in [6.45, 7) is 3.93. The molecule has 0 aliphatic carbocycles. The second kappa shape index (κ2) is 6.05. The SMILES string of the molecule is CCc1cccc(C)c1NS(=O)(=O)c1ccc2ccccc2c1. The Morgan fingerprint density at radius 3 is 2.39 bits per heavy atom. The van der Waals surface area contributed by atoms with Crippen LogP contribution >= 0.6 is 0 Å². The summed E-state index contributed by atoms with van der Waals surface area (Å²) < 4.78 is 28.3. The topological polar surface area (TPSA) is 46.2 Å². The van der Waals surface area contributed by atoms with Gasteiger partial charge in [0.05, 0.1) is 10.6 Å². The van der Waals surface area contributed by atoms with Crippen molar-refractivity contribution in [2.24, 2.45) is 0 Å². The summed E-state index contributed by atoms with van der Waals surface area (Å²) in [6, 6.07) is 18.7. The van der Waals surface area contributed by atoms with E-state index in [-0.39, 0.29) is 4.90 Å². The molecule has 0 unspecified atom stereocenters. The van der Waals surface area contributed by atoms with E-state index in [0.29, 0.717) is 5.69 Å². The molecule has 0 saturated heterocycles. The van der Waals surface area contributed by atoms with E-state index in [0.717, 1.165) is 28.3 Å². The van der Waals surface area contributed by atoms with Crippen LogP contribution in [-0.2, 0) is 16.4 Å². The molecule has 1 N–H and O–H groups in total. The first-order valence-electron chi connectivity index (χ1n) is 7.61. The van der Waals surface area contributed by atoms with Crippen LogP contribution in [0.15, 0.2) is 65.6 Å². The van der Waals surface area contributed by atoms with Gasteiger partial charge in [-0.3, -0.25) is 4.72 Å². The molecular weight excluding hydrogens is 306 g/mol. The van der Waals surface area contributed by atoms with Crippen LogP contribution in [0.1, 0.15) is 18.1 Å². The highest BCUT2D eigenvalue weighted by molar-refractivity contribution is 7.92. The minimum atomic E-state index is -3.61. The second-order valence-corrected chi connectivity index (χ2v) is 7.26.